The van der Waals surface area contributed by atoms with Crippen LogP contribution in [0.4, 0.5) is 16.3 Å². The molecule has 0 spiro atoms. The fourth-order valence-electron chi connectivity index (χ4n) is 4.54. The molecule has 9 nitrogen and oxygen atoms in total. The van der Waals surface area contributed by atoms with Crippen LogP contribution in [0.1, 0.15) is 24.6 Å². The highest BCUT2D eigenvalue weighted by Gasteiger charge is 2.29. The summed E-state index contributed by atoms with van der Waals surface area (Å²) in [4.78, 5) is 26.1. The van der Waals surface area contributed by atoms with E-state index in [9.17, 15) is 4.79 Å². The van der Waals surface area contributed by atoms with Gasteiger partial charge in [-0.25, -0.2) is 9.78 Å². The van der Waals surface area contributed by atoms with Crippen LogP contribution in [0.5, 0.6) is 5.75 Å². The number of para-hydroxylation sites is 2. The Hall–Kier alpha value is -3.36. The number of carbonyl (C=O) groups is 1. The number of aromatic nitrogens is 4. The van der Waals surface area contributed by atoms with Gasteiger partial charge in [-0.1, -0.05) is 19.1 Å². The maximum Gasteiger partial charge on any atom is 0.322 e. The first-order valence-corrected chi connectivity index (χ1v) is 10.8. The Kier molecular flexibility index (Phi) is 5.09. The minimum Gasteiger partial charge on any atom is -0.495 e. The van der Waals surface area contributed by atoms with Crippen molar-refractivity contribution in [2.45, 2.75) is 26.2 Å². The molecule has 1 N–H and O–H groups in total. The molecule has 2 aliphatic rings. The number of piperazine rings is 1. The molecule has 0 radical (unpaired) electrons. The Bertz CT molecular complexity index is 1100. The normalized spacial score (nSPS) is 18.7. The van der Waals surface area contributed by atoms with Crippen LogP contribution < -0.4 is 15.0 Å². The molecule has 2 amide bonds. The molecule has 1 atom stereocenters. The Morgan fingerprint density at radius 2 is 2.00 bits per heavy atom. The smallest absolute Gasteiger partial charge is 0.322 e. The summed E-state index contributed by atoms with van der Waals surface area (Å²) >= 11 is 0. The molecule has 0 bridgehead atoms. The molecule has 1 aliphatic carbocycles. The van der Waals surface area contributed by atoms with Gasteiger partial charge in [0.2, 0.25) is 0 Å². The molecule has 0 unspecified atom stereocenters. The standard InChI is InChI=1S/C22H27N7O2/c1-15-7-8-16-18(13-15)25-21-23-14-24-29(21)20(16)27-9-11-28(12-10-27)22(30)26-17-5-3-4-6-19(17)31-2/h3-6,14-15H,7-13H2,1-2H3,(H,26,30)/t15-/m0/s1. The van der Waals surface area contributed by atoms with Crippen LogP contribution >= 0.6 is 0 Å². The summed E-state index contributed by atoms with van der Waals surface area (Å²) in [5, 5.41) is 7.42. The average Bonchev–Trinajstić information content (AvgIpc) is 3.26. The molecule has 31 heavy (non-hydrogen) atoms. The number of hydrogen-bond acceptors (Lipinski definition) is 6. The number of methoxy groups -OCH3 is 1. The van der Waals surface area contributed by atoms with Gasteiger partial charge in [0.1, 0.15) is 17.9 Å². The summed E-state index contributed by atoms with van der Waals surface area (Å²) < 4.78 is 7.20. The van der Waals surface area contributed by atoms with Gasteiger partial charge < -0.3 is 19.9 Å². The maximum absolute atomic E-state index is 12.8. The van der Waals surface area contributed by atoms with E-state index in [-0.39, 0.29) is 6.03 Å². The van der Waals surface area contributed by atoms with Crippen LogP contribution in [0.3, 0.4) is 0 Å². The number of hydrogen-bond donors (Lipinski definition) is 1. The zero-order valence-electron chi connectivity index (χ0n) is 17.9. The van der Waals surface area contributed by atoms with Gasteiger partial charge in [-0.15, -0.1) is 0 Å². The van der Waals surface area contributed by atoms with E-state index in [1.165, 1.54) is 5.56 Å². The molecule has 9 heteroatoms. The van der Waals surface area contributed by atoms with Gasteiger partial charge >= 0.3 is 6.03 Å². The fraction of sp³-hybridized carbons (Fsp3) is 0.455. The van der Waals surface area contributed by atoms with Gasteiger partial charge in [-0.05, 0) is 37.3 Å². The number of fused-ring (bicyclic) bond motifs is 2. The van der Waals surface area contributed by atoms with Gasteiger partial charge in [0.15, 0.2) is 0 Å². The van der Waals surface area contributed by atoms with Crippen molar-refractivity contribution in [1.82, 2.24) is 24.5 Å². The van der Waals surface area contributed by atoms with Crippen molar-refractivity contribution < 1.29 is 9.53 Å². The van der Waals surface area contributed by atoms with Crippen molar-refractivity contribution in [2.75, 3.05) is 43.5 Å². The topological polar surface area (TPSA) is 87.9 Å². The number of rotatable bonds is 3. The van der Waals surface area contributed by atoms with Crippen molar-refractivity contribution in [1.29, 1.82) is 0 Å². The minimum absolute atomic E-state index is 0.111. The quantitative estimate of drug-likeness (QED) is 0.700. The largest absolute Gasteiger partial charge is 0.495 e. The van der Waals surface area contributed by atoms with Gasteiger partial charge in [-0.3, -0.25) is 0 Å². The minimum atomic E-state index is -0.111. The number of nitrogens with one attached hydrogen (secondary N) is 1. The summed E-state index contributed by atoms with van der Waals surface area (Å²) in [5.41, 5.74) is 3.10. The second-order valence-corrected chi connectivity index (χ2v) is 8.29. The number of urea groups is 1. The van der Waals surface area contributed by atoms with Gasteiger partial charge in [-0.2, -0.15) is 14.6 Å². The van der Waals surface area contributed by atoms with Crippen molar-refractivity contribution in [3.05, 3.63) is 41.9 Å². The second kappa shape index (κ2) is 8.05. The van der Waals surface area contributed by atoms with Crippen LogP contribution in [-0.4, -0.2) is 63.8 Å². The van der Waals surface area contributed by atoms with Gasteiger partial charge in [0.05, 0.1) is 18.5 Å². The third kappa shape index (κ3) is 3.64. The van der Waals surface area contributed by atoms with Crippen molar-refractivity contribution in [3.8, 4) is 5.75 Å². The first-order chi connectivity index (χ1) is 15.1. The van der Waals surface area contributed by atoms with Crippen molar-refractivity contribution >= 4 is 23.3 Å². The van der Waals surface area contributed by atoms with Gasteiger partial charge in [0, 0.05) is 31.7 Å². The number of nitrogens with zero attached hydrogens (tertiary/aromatic N) is 6. The van der Waals surface area contributed by atoms with Crippen molar-refractivity contribution in [3.63, 3.8) is 0 Å². The molecule has 1 aromatic carbocycles. The lowest BCUT2D eigenvalue weighted by Gasteiger charge is -2.37. The molecule has 1 aliphatic heterocycles. The number of ether oxygens (including phenoxy) is 1. The lowest BCUT2D eigenvalue weighted by molar-refractivity contribution is 0.208. The molecule has 1 fully saturated rings. The molecular weight excluding hydrogens is 394 g/mol. The van der Waals surface area contributed by atoms with Crippen LogP contribution in [0, 0.1) is 5.92 Å². The zero-order chi connectivity index (χ0) is 21.4. The molecule has 1 saturated heterocycles. The molecule has 2 aromatic heterocycles. The van der Waals surface area contributed by atoms with E-state index in [1.54, 1.807) is 13.4 Å². The lowest BCUT2D eigenvalue weighted by Crippen LogP contribution is -2.51. The number of benzene rings is 1. The highest BCUT2D eigenvalue weighted by molar-refractivity contribution is 5.91. The lowest BCUT2D eigenvalue weighted by atomic mass is 9.88. The summed E-state index contributed by atoms with van der Waals surface area (Å²) in [6.07, 6.45) is 4.71. The highest BCUT2D eigenvalue weighted by Crippen LogP contribution is 2.32. The van der Waals surface area contributed by atoms with E-state index in [4.69, 9.17) is 9.72 Å². The van der Waals surface area contributed by atoms with E-state index in [0.29, 0.717) is 36.2 Å². The van der Waals surface area contributed by atoms with Crippen LogP contribution in [-0.2, 0) is 12.8 Å². The van der Waals surface area contributed by atoms with Gasteiger partial charge in [0.25, 0.3) is 5.78 Å². The number of carbonyl (C=O) groups excluding carboxylic acids is 1. The summed E-state index contributed by atoms with van der Waals surface area (Å²) in [6.45, 7) is 5.01. The Labute approximate surface area is 181 Å². The Morgan fingerprint density at radius 3 is 2.81 bits per heavy atom. The van der Waals surface area contributed by atoms with E-state index < -0.39 is 0 Å². The van der Waals surface area contributed by atoms with E-state index in [0.717, 1.165) is 43.9 Å². The maximum atomic E-state index is 12.8. The first-order valence-electron chi connectivity index (χ1n) is 10.8. The third-order valence-corrected chi connectivity index (χ3v) is 6.23. The zero-order valence-corrected chi connectivity index (χ0v) is 17.9. The monoisotopic (exact) mass is 421 g/mol. The van der Waals surface area contributed by atoms with E-state index in [2.05, 4.69) is 27.2 Å². The Morgan fingerprint density at radius 1 is 1.19 bits per heavy atom. The second-order valence-electron chi connectivity index (χ2n) is 8.29. The summed E-state index contributed by atoms with van der Waals surface area (Å²) in [5.74, 6) is 3.03. The summed E-state index contributed by atoms with van der Waals surface area (Å²) in [7, 11) is 1.60. The molecule has 3 aromatic rings. The average molecular weight is 422 g/mol. The first kappa shape index (κ1) is 19.6. The highest BCUT2D eigenvalue weighted by atomic mass is 16.5. The van der Waals surface area contributed by atoms with Crippen molar-refractivity contribution in [2.24, 2.45) is 5.92 Å². The molecular formula is C22H27N7O2. The molecule has 0 saturated carbocycles. The van der Waals surface area contributed by atoms with Crippen LogP contribution in [0.25, 0.3) is 5.78 Å². The predicted octanol–water partition coefficient (Wildman–Crippen LogP) is 2.61. The predicted molar refractivity (Wildman–Crippen MR) is 118 cm³/mol. The molecule has 5 rings (SSSR count). The van der Waals surface area contributed by atoms with Crippen LogP contribution in [0.2, 0.25) is 0 Å². The van der Waals surface area contributed by atoms with Crippen LogP contribution in [0.15, 0.2) is 30.6 Å². The van der Waals surface area contributed by atoms with E-state index >= 15 is 0 Å². The summed E-state index contributed by atoms with van der Waals surface area (Å²) in [6, 6.07) is 7.34. The molecule has 162 valence electrons. The SMILES string of the molecule is COc1ccccc1NC(=O)N1CCN(c2c3c(nc4ncnn24)C[C@@H](C)CC3)CC1. The number of amides is 2. The third-order valence-electron chi connectivity index (χ3n) is 6.23. The fourth-order valence-corrected chi connectivity index (χ4v) is 4.54. The Balaban J connectivity index is 1.34. The number of anilines is 2. The van der Waals surface area contributed by atoms with E-state index in [1.807, 2.05) is 33.7 Å². The molecule has 3 heterocycles.